The number of ether oxygens (including phenoxy) is 1. The van der Waals surface area contributed by atoms with Gasteiger partial charge < -0.3 is 15.0 Å². The van der Waals surface area contributed by atoms with Gasteiger partial charge in [0.05, 0.1) is 36.2 Å². The predicted molar refractivity (Wildman–Crippen MR) is 135 cm³/mol. The Morgan fingerprint density at radius 2 is 1.57 bits per heavy atom. The van der Waals surface area contributed by atoms with E-state index < -0.39 is 28.9 Å². The first kappa shape index (κ1) is 25.6. The predicted octanol–water partition coefficient (Wildman–Crippen LogP) is 5.97. The van der Waals surface area contributed by atoms with Crippen LogP contribution in [-0.2, 0) is 16.5 Å². The number of halogens is 4. The minimum Gasteiger partial charge on any atom is -0.378 e. The molecule has 1 amide bonds. The number of amides is 1. The summed E-state index contributed by atoms with van der Waals surface area (Å²) in [5, 5.41) is 7.33. The van der Waals surface area contributed by atoms with Crippen LogP contribution in [0.3, 0.4) is 0 Å². The summed E-state index contributed by atoms with van der Waals surface area (Å²) in [6.07, 6.45) is 0.285. The first-order valence-corrected chi connectivity index (χ1v) is 12.8. The summed E-state index contributed by atoms with van der Waals surface area (Å²) in [5.41, 5.74) is -0.228. The molecule has 3 aromatic rings. The van der Waals surface area contributed by atoms with Crippen LogP contribution < -0.4 is 10.2 Å². The summed E-state index contributed by atoms with van der Waals surface area (Å²) in [6, 6.07) is 13.8. The highest BCUT2D eigenvalue weighted by molar-refractivity contribution is 6.30. The molecule has 0 bridgehead atoms. The van der Waals surface area contributed by atoms with Crippen molar-refractivity contribution in [2.24, 2.45) is 0 Å². The third-order valence-corrected chi connectivity index (χ3v) is 7.46. The molecule has 5 rings (SSSR count). The third-order valence-electron chi connectivity index (χ3n) is 7.21. The highest BCUT2D eigenvalue weighted by Gasteiger charge is 2.43. The Bertz CT molecular complexity index is 1230. The number of nitrogens with one attached hydrogen (secondary N) is 1. The van der Waals surface area contributed by atoms with Gasteiger partial charge in [0.1, 0.15) is 0 Å². The highest BCUT2D eigenvalue weighted by atomic mass is 35.5. The van der Waals surface area contributed by atoms with Gasteiger partial charge in [-0.2, -0.15) is 18.3 Å². The molecule has 1 aliphatic heterocycles. The second kappa shape index (κ2) is 10.4. The van der Waals surface area contributed by atoms with Gasteiger partial charge in [0.2, 0.25) is 0 Å². The van der Waals surface area contributed by atoms with Crippen LogP contribution >= 0.6 is 11.6 Å². The molecule has 2 aliphatic rings. The summed E-state index contributed by atoms with van der Waals surface area (Å²) in [5.74, 6) is -0.785. The quantitative estimate of drug-likeness (QED) is 0.440. The molecule has 0 atom stereocenters. The van der Waals surface area contributed by atoms with Gasteiger partial charge >= 0.3 is 6.18 Å². The van der Waals surface area contributed by atoms with Crippen LogP contribution in [0.4, 0.5) is 18.9 Å². The Morgan fingerprint density at radius 3 is 2.19 bits per heavy atom. The van der Waals surface area contributed by atoms with Crippen molar-refractivity contribution in [3.8, 4) is 5.69 Å². The molecule has 2 aromatic carbocycles. The molecule has 6 nitrogen and oxygen atoms in total. The van der Waals surface area contributed by atoms with Crippen LogP contribution in [-0.4, -0.2) is 42.0 Å². The van der Waals surface area contributed by atoms with Gasteiger partial charge in [-0.05, 0) is 54.8 Å². The number of benzene rings is 2. The summed E-state index contributed by atoms with van der Waals surface area (Å²) >= 11 is 5.90. The second-order valence-electron chi connectivity index (χ2n) is 9.54. The zero-order chi connectivity index (χ0) is 26.0. The maximum atomic E-state index is 14.2. The summed E-state index contributed by atoms with van der Waals surface area (Å²) in [6.45, 7) is 2.96. The number of hydrogen-bond donors (Lipinski definition) is 1. The van der Waals surface area contributed by atoms with Crippen molar-refractivity contribution in [1.82, 2.24) is 15.1 Å². The summed E-state index contributed by atoms with van der Waals surface area (Å²) in [4.78, 5) is 15.7. The Labute approximate surface area is 218 Å². The monoisotopic (exact) mass is 532 g/mol. The minimum absolute atomic E-state index is 0.168. The molecule has 0 spiro atoms. The standard InChI is InChI=1S/C27H28ClF3N4O2/c28-20-6-10-22(11-7-20)35-24(27(29,30)31)23(18-32-35)25(36)33-26(12-2-1-3-13-26)19-4-8-21(9-5-19)34-14-16-37-17-15-34/h4-11,18H,1-3,12-17H2,(H,33,36). The topological polar surface area (TPSA) is 59.4 Å². The van der Waals surface area contributed by atoms with Crippen molar-refractivity contribution in [3.63, 3.8) is 0 Å². The van der Waals surface area contributed by atoms with Gasteiger partial charge in [-0.3, -0.25) is 4.79 Å². The number of morpholine rings is 1. The van der Waals surface area contributed by atoms with Crippen LogP contribution in [0, 0.1) is 0 Å². The lowest BCUT2D eigenvalue weighted by atomic mass is 9.76. The van der Waals surface area contributed by atoms with Crippen molar-refractivity contribution >= 4 is 23.2 Å². The Balaban J connectivity index is 1.46. The fourth-order valence-electron chi connectivity index (χ4n) is 5.30. The smallest absolute Gasteiger partial charge is 0.378 e. The molecule has 10 heteroatoms. The van der Waals surface area contributed by atoms with Crippen LogP contribution in [0.5, 0.6) is 0 Å². The van der Waals surface area contributed by atoms with Gasteiger partial charge in [0, 0.05) is 23.8 Å². The molecular formula is C27H28ClF3N4O2. The van der Waals surface area contributed by atoms with Crippen molar-refractivity contribution < 1.29 is 22.7 Å². The number of hydrogen-bond acceptors (Lipinski definition) is 4. The molecule has 37 heavy (non-hydrogen) atoms. The fraction of sp³-hybridized carbons (Fsp3) is 0.407. The highest BCUT2D eigenvalue weighted by Crippen LogP contribution is 2.39. The first-order valence-electron chi connectivity index (χ1n) is 12.4. The molecular weight excluding hydrogens is 505 g/mol. The lowest BCUT2D eigenvalue weighted by Gasteiger charge is -2.39. The van der Waals surface area contributed by atoms with Crippen molar-refractivity contribution in [2.45, 2.75) is 43.8 Å². The lowest BCUT2D eigenvalue weighted by Crippen LogP contribution is -2.47. The fourth-order valence-corrected chi connectivity index (χ4v) is 5.43. The normalized spacial score (nSPS) is 18.0. The van der Waals surface area contributed by atoms with E-state index in [1.165, 1.54) is 24.3 Å². The molecule has 1 aliphatic carbocycles. The van der Waals surface area contributed by atoms with E-state index in [2.05, 4.69) is 15.3 Å². The maximum Gasteiger partial charge on any atom is 0.434 e. The number of alkyl halides is 3. The molecule has 196 valence electrons. The maximum absolute atomic E-state index is 14.2. The molecule has 2 fully saturated rings. The van der Waals surface area contributed by atoms with Crippen LogP contribution in [0.15, 0.2) is 54.7 Å². The molecule has 1 N–H and O–H groups in total. The number of rotatable bonds is 5. The number of carbonyl (C=O) groups is 1. The van der Waals surface area contributed by atoms with Crippen LogP contribution in [0.2, 0.25) is 5.02 Å². The zero-order valence-corrected chi connectivity index (χ0v) is 21.0. The van der Waals surface area contributed by atoms with E-state index in [1.807, 2.05) is 24.3 Å². The average Bonchev–Trinajstić information content (AvgIpc) is 3.37. The Hall–Kier alpha value is -3.04. The Kier molecular flexibility index (Phi) is 7.18. The minimum atomic E-state index is -4.79. The van der Waals surface area contributed by atoms with E-state index in [0.29, 0.717) is 31.1 Å². The number of carbonyl (C=O) groups excluding carboxylic acids is 1. The van der Waals surface area contributed by atoms with Gasteiger partial charge in [0.15, 0.2) is 5.69 Å². The van der Waals surface area contributed by atoms with Crippen LogP contribution in [0.1, 0.15) is 53.7 Å². The molecule has 0 radical (unpaired) electrons. The van der Waals surface area contributed by atoms with Crippen molar-refractivity contribution in [1.29, 1.82) is 0 Å². The summed E-state index contributed by atoms with van der Waals surface area (Å²) < 4.78 is 48.8. The van der Waals surface area contributed by atoms with E-state index in [1.54, 1.807) is 0 Å². The van der Waals surface area contributed by atoms with Crippen molar-refractivity contribution in [2.75, 3.05) is 31.2 Å². The largest absolute Gasteiger partial charge is 0.434 e. The van der Waals surface area contributed by atoms with Gasteiger partial charge in [-0.1, -0.05) is 43.0 Å². The molecule has 0 unspecified atom stereocenters. The SMILES string of the molecule is O=C(NC1(c2ccc(N3CCOCC3)cc2)CCCCC1)c1cnn(-c2ccc(Cl)cc2)c1C(F)(F)F. The summed E-state index contributed by atoms with van der Waals surface area (Å²) in [7, 11) is 0. The molecule has 1 aromatic heterocycles. The first-order chi connectivity index (χ1) is 17.8. The molecule has 2 heterocycles. The second-order valence-corrected chi connectivity index (χ2v) is 9.97. The molecule has 1 saturated heterocycles. The third kappa shape index (κ3) is 5.33. The van der Waals surface area contributed by atoms with Gasteiger partial charge in [-0.25, -0.2) is 4.68 Å². The van der Waals surface area contributed by atoms with E-state index in [-0.39, 0.29) is 5.69 Å². The van der Waals surface area contributed by atoms with E-state index >= 15 is 0 Å². The van der Waals surface area contributed by atoms with Gasteiger partial charge in [-0.15, -0.1) is 0 Å². The Morgan fingerprint density at radius 1 is 0.946 bits per heavy atom. The van der Waals surface area contributed by atoms with E-state index in [0.717, 1.165) is 54.5 Å². The number of nitrogens with zero attached hydrogens (tertiary/aromatic N) is 3. The van der Waals surface area contributed by atoms with Crippen molar-refractivity contribution in [3.05, 3.63) is 76.6 Å². The average molecular weight is 533 g/mol. The molecule has 1 saturated carbocycles. The van der Waals surface area contributed by atoms with Gasteiger partial charge in [0.25, 0.3) is 5.91 Å². The lowest BCUT2D eigenvalue weighted by molar-refractivity contribution is -0.143. The number of aromatic nitrogens is 2. The van der Waals surface area contributed by atoms with Crippen LogP contribution in [0.25, 0.3) is 5.69 Å². The van der Waals surface area contributed by atoms with E-state index in [4.69, 9.17) is 16.3 Å². The number of anilines is 1. The van der Waals surface area contributed by atoms with E-state index in [9.17, 15) is 18.0 Å². The zero-order valence-electron chi connectivity index (χ0n) is 20.2.